The average molecular weight is 550 g/mol. The van der Waals surface area contributed by atoms with Crippen molar-refractivity contribution in [3.63, 3.8) is 0 Å². The van der Waals surface area contributed by atoms with E-state index in [0.717, 1.165) is 50.2 Å². The number of hydrogen-bond donors (Lipinski definition) is 1. The molecule has 0 saturated heterocycles. The number of non-ortho nitro benzene ring substituents is 1. The lowest BCUT2D eigenvalue weighted by Crippen LogP contribution is -2.46. The van der Waals surface area contributed by atoms with Gasteiger partial charge in [0.25, 0.3) is 5.69 Å². The van der Waals surface area contributed by atoms with Crippen molar-refractivity contribution >= 4 is 24.2 Å². The molecule has 2 aromatic carbocycles. The van der Waals surface area contributed by atoms with Crippen LogP contribution in [-0.4, -0.2) is 73.2 Å². The van der Waals surface area contributed by atoms with E-state index in [-0.39, 0.29) is 5.69 Å². The first kappa shape index (κ1) is 28.8. The molecule has 0 radical (unpaired) electrons. The molecule has 0 spiro atoms. The Labute approximate surface area is 233 Å². The smallest absolute Gasteiger partial charge is 0.269 e. The zero-order chi connectivity index (χ0) is 28.8. The van der Waals surface area contributed by atoms with E-state index in [1.54, 1.807) is 31.3 Å². The molecule has 212 valence electrons. The number of methoxy groups -OCH3 is 2. The molecule has 2 unspecified atom stereocenters. The number of fused-ring (bicyclic) bond motifs is 1. The van der Waals surface area contributed by atoms with E-state index in [4.69, 9.17) is 9.47 Å². The van der Waals surface area contributed by atoms with E-state index in [1.165, 1.54) is 23.3 Å². The minimum absolute atomic E-state index is 0.0292. The summed E-state index contributed by atoms with van der Waals surface area (Å²) < 4.78 is 10.9. The summed E-state index contributed by atoms with van der Waals surface area (Å²) in [4.78, 5) is 43.3. The summed E-state index contributed by atoms with van der Waals surface area (Å²) in [5, 5.41) is 14.0. The third-order valence-corrected chi connectivity index (χ3v) is 7.61. The van der Waals surface area contributed by atoms with Gasteiger partial charge in [-0.25, -0.2) is 0 Å². The van der Waals surface area contributed by atoms with Gasteiger partial charge < -0.3 is 19.7 Å². The minimum atomic E-state index is -0.495. The van der Waals surface area contributed by atoms with E-state index >= 15 is 0 Å². The number of allylic oxidation sites excluding steroid dienone is 1. The predicted molar refractivity (Wildman–Crippen MR) is 151 cm³/mol. The highest BCUT2D eigenvalue weighted by molar-refractivity contribution is 5.92. The van der Waals surface area contributed by atoms with Gasteiger partial charge in [0.1, 0.15) is 0 Å². The van der Waals surface area contributed by atoms with E-state index in [1.807, 2.05) is 26.0 Å². The van der Waals surface area contributed by atoms with Crippen LogP contribution in [0.2, 0.25) is 0 Å². The molecule has 2 aliphatic heterocycles. The molecule has 0 fully saturated rings. The van der Waals surface area contributed by atoms with Crippen molar-refractivity contribution in [3.05, 3.63) is 74.6 Å². The van der Waals surface area contributed by atoms with Crippen LogP contribution < -0.4 is 14.8 Å². The molecular weight excluding hydrogens is 514 g/mol. The lowest BCUT2D eigenvalue weighted by molar-refractivity contribution is -0.384. The summed E-state index contributed by atoms with van der Waals surface area (Å²) in [6.45, 7) is 6.57. The van der Waals surface area contributed by atoms with Crippen LogP contribution >= 0.6 is 0 Å². The number of benzene rings is 2. The van der Waals surface area contributed by atoms with E-state index in [9.17, 15) is 19.7 Å². The Morgan fingerprint density at radius 1 is 1.12 bits per heavy atom. The monoisotopic (exact) mass is 549 g/mol. The maximum atomic E-state index is 12.4. The number of carbonyl (C=O) groups excluding carboxylic acids is 2. The highest BCUT2D eigenvalue weighted by atomic mass is 16.6. The fraction of sp³-hybridized carbons (Fsp3) is 0.414. The molecule has 0 saturated carbocycles. The average Bonchev–Trinajstić information content (AvgIpc) is 2.96. The molecule has 2 amide bonds. The minimum Gasteiger partial charge on any atom is -0.493 e. The van der Waals surface area contributed by atoms with Gasteiger partial charge in [-0.3, -0.25) is 29.6 Å². The Morgan fingerprint density at radius 2 is 1.80 bits per heavy atom. The number of nitro benzene ring substituents is 1. The second-order valence-electron chi connectivity index (χ2n) is 9.97. The molecule has 0 bridgehead atoms. The highest BCUT2D eigenvalue weighted by Gasteiger charge is 2.36. The topological polar surface area (TPSA) is 127 Å². The standard InChI is InChI=1S/C29H35N5O6/c1-19-28(30-17-35)27(21-6-8-24(9-7-21)34(37)38)29(20(2)31-19)33(18-36)12-5-11-32-13-10-22-14-25(39-3)26(40-4)15-23(22)16-32/h6-9,14-15,17-18,27-28H,5,10-13,16H2,1-4H3,(H,30,35). The fourth-order valence-corrected chi connectivity index (χ4v) is 5.67. The zero-order valence-electron chi connectivity index (χ0n) is 23.3. The summed E-state index contributed by atoms with van der Waals surface area (Å²) in [5.74, 6) is 1.01. The SMILES string of the molecule is COc1cc2c(cc1OC)CN(CCCN(C=O)C1=C(C)N=C(C)C(NC=O)C1c1ccc([N+](=O)[O-])cc1)CC2. The Morgan fingerprint density at radius 3 is 2.40 bits per heavy atom. The van der Waals surface area contributed by atoms with Crippen LogP contribution in [-0.2, 0) is 22.6 Å². The third-order valence-electron chi connectivity index (χ3n) is 7.61. The molecule has 1 N–H and O–H groups in total. The quantitative estimate of drug-likeness (QED) is 0.244. The predicted octanol–water partition coefficient (Wildman–Crippen LogP) is 3.42. The van der Waals surface area contributed by atoms with Crippen molar-refractivity contribution in [1.82, 2.24) is 15.1 Å². The summed E-state index contributed by atoms with van der Waals surface area (Å²) in [5.41, 5.74) is 5.21. The molecule has 2 atom stereocenters. The summed E-state index contributed by atoms with van der Waals surface area (Å²) in [7, 11) is 3.27. The fourth-order valence-electron chi connectivity index (χ4n) is 5.67. The third kappa shape index (κ3) is 5.99. The molecule has 40 heavy (non-hydrogen) atoms. The van der Waals surface area contributed by atoms with Crippen molar-refractivity contribution in [2.75, 3.05) is 33.9 Å². The molecule has 11 heteroatoms. The first-order valence-electron chi connectivity index (χ1n) is 13.2. The highest BCUT2D eigenvalue weighted by Crippen LogP contribution is 2.37. The Bertz CT molecular complexity index is 1320. The van der Waals surface area contributed by atoms with Crippen LogP contribution in [0, 0.1) is 10.1 Å². The van der Waals surface area contributed by atoms with Crippen LogP contribution in [0.5, 0.6) is 11.5 Å². The number of hydrogen-bond acceptors (Lipinski definition) is 8. The van der Waals surface area contributed by atoms with Gasteiger partial charge in [0, 0.05) is 44.0 Å². The van der Waals surface area contributed by atoms with E-state index in [2.05, 4.69) is 15.2 Å². The summed E-state index contributed by atoms with van der Waals surface area (Å²) in [6.07, 6.45) is 3.03. The van der Waals surface area contributed by atoms with Gasteiger partial charge in [-0.15, -0.1) is 0 Å². The first-order valence-corrected chi connectivity index (χ1v) is 13.2. The van der Waals surface area contributed by atoms with Gasteiger partial charge in [0.15, 0.2) is 11.5 Å². The normalized spacial score (nSPS) is 18.9. The maximum Gasteiger partial charge on any atom is 0.269 e. The zero-order valence-corrected chi connectivity index (χ0v) is 23.3. The van der Waals surface area contributed by atoms with Crippen molar-refractivity contribution in [1.29, 1.82) is 0 Å². The first-order chi connectivity index (χ1) is 19.3. The van der Waals surface area contributed by atoms with Crippen LogP contribution in [0.15, 0.2) is 52.8 Å². The number of ether oxygens (including phenoxy) is 2. The number of nitro groups is 1. The number of nitrogens with zero attached hydrogens (tertiary/aromatic N) is 4. The molecule has 0 aromatic heterocycles. The maximum absolute atomic E-state index is 12.4. The lowest BCUT2D eigenvalue weighted by atomic mass is 9.82. The number of carbonyl (C=O) groups is 2. The van der Waals surface area contributed by atoms with Gasteiger partial charge in [0.2, 0.25) is 12.8 Å². The largest absolute Gasteiger partial charge is 0.493 e. The number of nitrogens with one attached hydrogen (secondary N) is 1. The summed E-state index contributed by atoms with van der Waals surface area (Å²) in [6, 6.07) is 9.80. The van der Waals surface area contributed by atoms with Gasteiger partial charge in [0.05, 0.1) is 42.5 Å². The van der Waals surface area contributed by atoms with Crippen LogP contribution in [0.25, 0.3) is 0 Å². The van der Waals surface area contributed by atoms with Crippen molar-refractivity contribution in [2.24, 2.45) is 4.99 Å². The van der Waals surface area contributed by atoms with Gasteiger partial charge in [-0.05, 0) is 55.5 Å². The van der Waals surface area contributed by atoms with E-state index in [0.29, 0.717) is 35.8 Å². The van der Waals surface area contributed by atoms with Gasteiger partial charge in [-0.1, -0.05) is 12.1 Å². The second kappa shape index (κ2) is 12.7. The van der Waals surface area contributed by atoms with Crippen molar-refractivity contribution in [2.45, 2.75) is 45.2 Å². The van der Waals surface area contributed by atoms with Gasteiger partial charge >= 0.3 is 0 Å². The Hall–Kier alpha value is -4.25. The van der Waals surface area contributed by atoms with E-state index < -0.39 is 16.9 Å². The number of amides is 2. The molecule has 2 aromatic rings. The molecule has 2 heterocycles. The molecule has 2 aliphatic rings. The van der Waals surface area contributed by atoms with Crippen molar-refractivity contribution in [3.8, 4) is 11.5 Å². The van der Waals surface area contributed by atoms with Crippen molar-refractivity contribution < 1.29 is 24.0 Å². The van der Waals surface area contributed by atoms with Crippen LogP contribution in [0.3, 0.4) is 0 Å². The van der Waals surface area contributed by atoms with Gasteiger partial charge in [-0.2, -0.15) is 0 Å². The molecule has 0 aliphatic carbocycles. The van der Waals surface area contributed by atoms with Crippen LogP contribution in [0.1, 0.15) is 42.9 Å². The number of rotatable bonds is 12. The summed E-state index contributed by atoms with van der Waals surface area (Å²) >= 11 is 0. The second-order valence-corrected chi connectivity index (χ2v) is 9.97. The molecule has 4 rings (SSSR count). The van der Waals surface area contributed by atoms with Crippen LogP contribution in [0.4, 0.5) is 5.69 Å². The molecular formula is C29H35N5O6. The lowest BCUT2D eigenvalue weighted by Gasteiger charge is -2.37. The molecule has 11 nitrogen and oxygen atoms in total. The number of aliphatic imine (C=N–C) groups is 1. The Balaban J connectivity index is 1.52. The Kier molecular flexibility index (Phi) is 9.15.